The van der Waals surface area contributed by atoms with Crippen LogP contribution in [0.25, 0.3) is 0 Å². The van der Waals surface area contributed by atoms with Crippen molar-refractivity contribution in [2.75, 3.05) is 39.1 Å². The lowest BCUT2D eigenvalue weighted by atomic mass is 9.78. The number of Topliss-reactive ketones (excluding diaryl/α,β-unsaturated/α-hetero) is 1. The average molecular weight is 537 g/mol. The Morgan fingerprint density at radius 3 is 2.11 bits per heavy atom. The molecule has 0 spiro atoms. The first-order valence-electron chi connectivity index (χ1n) is 12.1. The fourth-order valence-corrected chi connectivity index (χ4v) is 5.45. The van der Waals surface area contributed by atoms with Crippen LogP contribution in [-0.2, 0) is 4.79 Å². The number of nitrogens with one attached hydrogen (secondary N) is 2. The van der Waals surface area contributed by atoms with E-state index in [4.69, 9.17) is 30.5 Å². The third kappa shape index (κ3) is 4.45. The smallest absolute Gasteiger partial charge is 0.203 e. The number of para-hydroxylation sites is 2. The van der Waals surface area contributed by atoms with Gasteiger partial charge in [0.2, 0.25) is 5.75 Å². The summed E-state index contributed by atoms with van der Waals surface area (Å²) in [5.41, 5.74) is 4.75. The third-order valence-corrected chi connectivity index (χ3v) is 7.36. The molecule has 2 atom stereocenters. The molecule has 9 heteroatoms. The van der Waals surface area contributed by atoms with Gasteiger partial charge in [-0.2, -0.15) is 0 Å². The molecule has 3 aromatic rings. The zero-order valence-corrected chi connectivity index (χ0v) is 22.3. The Kier molecular flexibility index (Phi) is 6.99. The Balaban J connectivity index is 1.62. The van der Waals surface area contributed by atoms with Gasteiger partial charge in [0.15, 0.2) is 28.8 Å². The summed E-state index contributed by atoms with van der Waals surface area (Å²) in [6.07, 6.45) is 0.867. The van der Waals surface area contributed by atoms with Crippen molar-refractivity contribution >= 4 is 28.8 Å². The van der Waals surface area contributed by atoms with Crippen molar-refractivity contribution in [2.24, 2.45) is 0 Å². The zero-order chi connectivity index (χ0) is 27.0. The molecule has 38 heavy (non-hydrogen) atoms. The molecule has 3 aromatic carbocycles. The number of rotatable bonds is 6. The highest BCUT2D eigenvalue weighted by atomic mass is 35.5. The second kappa shape index (κ2) is 10.4. The van der Waals surface area contributed by atoms with Crippen LogP contribution in [-0.4, -0.2) is 39.3 Å². The number of methoxy groups -OCH3 is 4. The Morgan fingerprint density at radius 2 is 1.47 bits per heavy atom. The standard InChI is InChI=1S/C29H29ClN2O6/c1-35-23-14-17(9-18(30)28(23)34)27-26-21(31-19-7-5-6-8-20(19)32-27)10-15(11-22(26)33)16-12-24(36-2)29(38-4)25(13-16)37-3/h5-9,12-15,27,31-32,34H,10-11H2,1-4H3/t15-,27+/m1/s1. The number of aromatic hydroxyl groups is 1. The number of anilines is 2. The average Bonchev–Trinajstić information content (AvgIpc) is 3.10. The summed E-state index contributed by atoms with van der Waals surface area (Å²) < 4.78 is 21.9. The minimum Gasteiger partial charge on any atom is -0.503 e. The van der Waals surface area contributed by atoms with Gasteiger partial charge < -0.3 is 34.7 Å². The number of ether oxygens (including phenoxy) is 4. The number of benzene rings is 3. The van der Waals surface area contributed by atoms with Crippen molar-refractivity contribution in [1.82, 2.24) is 0 Å². The number of phenols is 1. The van der Waals surface area contributed by atoms with Crippen LogP contribution in [0, 0.1) is 0 Å². The summed E-state index contributed by atoms with van der Waals surface area (Å²) in [6, 6.07) is 14.4. The monoisotopic (exact) mass is 536 g/mol. The lowest BCUT2D eigenvalue weighted by molar-refractivity contribution is -0.116. The topological polar surface area (TPSA) is 98.3 Å². The van der Waals surface area contributed by atoms with Crippen molar-refractivity contribution in [3.05, 3.63) is 76.0 Å². The van der Waals surface area contributed by atoms with Crippen LogP contribution in [0.15, 0.2) is 59.8 Å². The number of hydrogen-bond acceptors (Lipinski definition) is 8. The number of carbonyl (C=O) groups is 1. The molecule has 2 aliphatic rings. The van der Waals surface area contributed by atoms with E-state index in [1.54, 1.807) is 33.5 Å². The van der Waals surface area contributed by atoms with E-state index in [0.717, 1.165) is 22.6 Å². The van der Waals surface area contributed by atoms with Gasteiger partial charge in [-0.15, -0.1) is 0 Å². The normalized spacial score (nSPS) is 18.4. The number of hydrogen-bond donors (Lipinski definition) is 3. The van der Waals surface area contributed by atoms with E-state index >= 15 is 0 Å². The number of halogens is 1. The predicted molar refractivity (Wildman–Crippen MR) is 146 cm³/mol. The largest absolute Gasteiger partial charge is 0.503 e. The Labute approximate surface area is 226 Å². The van der Waals surface area contributed by atoms with Crippen LogP contribution in [0.5, 0.6) is 28.7 Å². The first kappa shape index (κ1) is 25.6. The quantitative estimate of drug-likeness (QED) is 0.350. The van der Waals surface area contributed by atoms with E-state index in [2.05, 4.69) is 10.6 Å². The molecule has 1 aliphatic carbocycles. The fourth-order valence-electron chi connectivity index (χ4n) is 5.23. The van der Waals surface area contributed by atoms with E-state index in [-0.39, 0.29) is 34.6 Å². The summed E-state index contributed by atoms with van der Waals surface area (Å²) in [5, 5.41) is 17.5. The van der Waals surface area contributed by atoms with E-state index < -0.39 is 6.04 Å². The number of ketones is 1. The predicted octanol–water partition coefficient (Wildman–Crippen LogP) is 6.06. The molecule has 1 heterocycles. The molecule has 3 N–H and O–H groups in total. The molecule has 1 aliphatic heterocycles. The molecule has 0 amide bonds. The highest BCUT2D eigenvalue weighted by molar-refractivity contribution is 6.32. The minimum absolute atomic E-state index is 0.00836. The molecule has 0 aromatic heterocycles. The van der Waals surface area contributed by atoms with E-state index in [1.165, 1.54) is 7.11 Å². The molecule has 0 fully saturated rings. The number of fused-ring (bicyclic) bond motifs is 1. The number of phenolic OH excluding ortho intramolecular Hbond substituents is 1. The van der Waals surface area contributed by atoms with Gasteiger partial charge in [-0.25, -0.2) is 0 Å². The third-order valence-electron chi connectivity index (χ3n) is 7.07. The van der Waals surface area contributed by atoms with Crippen LogP contribution in [0.3, 0.4) is 0 Å². The molecule has 0 saturated carbocycles. The highest BCUT2D eigenvalue weighted by Crippen LogP contribution is 2.48. The minimum atomic E-state index is -0.512. The van der Waals surface area contributed by atoms with Gasteiger partial charge in [0, 0.05) is 17.7 Å². The summed E-state index contributed by atoms with van der Waals surface area (Å²) >= 11 is 6.35. The van der Waals surface area contributed by atoms with Crippen LogP contribution in [0.4, 0.5) is 11.4 Å². The van der Waals surface area contributed by atoms with E-state index in [9.17, 15) is 9.90 Å². The summed E-state index contributed by atoms with van der Waals surface area (Å²) in [4.78, 5) is 13.9. The molecule has 0 saturated heterocycles. The summed E-state index contributed by atoms with van der Waals surface area (Å²) in [5.74, 6) is 1.55. The van der Waals surface area contributed by atoms with Gasteiger partial charge in [-0.05, 0) is 59.9 Å². The number of carbonyl (C=O) groups excluding carboxylic acids is 1. The first-order chi connectivity index (χ1) is 18.4. The van der Waals surface area contributed by atoms with Gasteiger partial charge >= 0.3 is 0 Å². The molecule has 0 unspecified atom stereocenters. The Morgan fingerprint density at radius 1 is 0.842 bits per heavy atom. The Hall–Kier alpha value is -4.04. The maximum atomic E-state index is 13.9. The van der Waals surface area contributed by atoms with Crippen molar-refractivity contribution < 1.29 is 28.8 Å². The van der Waals surface area contributed by atoms with Gasteiger partial charge in [0.25, 0.3) is 0 Å². The molecule has 8 nitrogen and oxygen atoms in total. The fraction of sp³-hybridized carbons (Fsp3) is 0.276. The SMILES string of the molecule is COc1cc([C@@H]2Nc3ccccc3NC3=C2C(=O)C[C@H](c2cc(OC)c(OC)c(OC)c2)C3)cc(Cl)c1O. The second-order valence-corrected chi connectivity index (χ2v) is 9.59. The zero-order valence-electron chi connectivity index (χ0n) is 21.6. The van der Waals surface area contributed by atoms with Gasteiger partial charge in [-0.3, -0.25) is 4.79 Å². The van der Waals surface area contributed by atoms with Gasteiger partial charge in [0.1, 0.15) is 0 Å². The lowest BCUT2D eigenvalue weighted by Gasteiger charge is -2.30. The van der Waals surface area contributed by atoms with Crippen LogP contribution in [0.1, 0.15) is 35.9 Å². The molecular formula is C29H29ClN2O6. The van der Waals surface area contributed by atoms with Crippen molar-refractivity contribution in [2.45, 2.75) is 24.8 Å². The highest BCUT2D eigenvalue weighted by Gasteiger charge is 2.37. The number of allylic oxidation sites excluding steroid dienone is 1. The van der Waals surface area contributed by atoms with Crippen LogP contribution < -0.4 is 29.6 Å². The van der Waals surface area contributed by atoms with Crippen LogP contribution in [0.2, 0.25) is 5.02 Å². The van der Waals surface area contributed by atoms with Gasteiger partial charge in [-0.1, -0.05) is 23.7 Å². The maximum absolute atomic E-state index is 13.9. The second-order valence-electron chi connectivity index (χ2n) is 9.18. The molecule has 0 bridgehead atoms. The van der Waals surface area contributed by atoms with E-state index in [1.807, 2.05) is 36.4 Å². The molecule has 0 radical (unpaired) electrons. The Bertz CT molecular complexity index is 1410. The summed E-state index contributed by atoms with van der Waals surface area (Å²) in [6.45, 7) is 0. The van der Waals surface area contributed by atoms with Crippen molar-refractivity contribution in [1.29, 1.82) is 0 Å². The van der Waals surface area contributed by atoms with Gasteiger partial charge in [0.05, 0.1) is 50.9 Å². The first-order valence-corrected chi connectivity index (χ1v) is 12.5. The molecule has 198 valence electrons. The molecular weight excluding hydrogens is 508 g/mol. The maximum Gasteiger partial charge on any atom is 0.203 e. The van der Waals surface area contributed by atoms with Crippen LogP contribution >= 0.6 is 11.6 Å². The van der Waals surface area contributed by atoms with Crippen molar-refractivity contribution in [3.63, 3.8) is 0 Å². The van der Waals surface area contributed by atoms with E-state index in [0.29, 0.717) is 34.8 Å². The molecule has 5 rings (SSSR count). The lowest BCUT2D eigenvalue weighted by Crippen LogP contribution is -2.27. The summed E-state index contributed by atoms with van der Waals surface area (Å²) in [7, 11) is 6.17. The van der Waals surface area contributed by atoms with Crippen molar-refractivity contribution in [3.8, 4) is 28.7 Å².